The SMILES string of the molecule is CS(=O)(=O)N1C[C@H](S)C[C@H]1C(=O)O. The number of sulfonamides is 1. The van der Waals surface area contributed by atoms with Crippen molar-refractivity contribution in [3.05, 3.63) is 0 Å². The Morgan fingerprint density at radius 3 is 2.46 bits per heavy atom. The molecule has 0 aliphatic carbocycles. The standard InChI is InChI=1S/C6H11NO4S2/c1-13(10,11)7-3-4(12)2-5(7)6(8)9/h4-5,12H,2-3H2,1H3,(H,8,9)/t4-,5+/m1/s1. The van der Waals surface area contributed by atoms with Crippen molar-refractivity contribution in [2.75, 3.05) is 12.8 Å². The Morgan fingerprint density at radius 2 is 2.15 bits per heavy atom. The smallest absolute Gasteiger partial charge is 0.322 e. The van der Waals surface area contributed by atoms with Crippen LogP contribution in [-0.4, -0.2) is 47.9 Å². The van der Waals surface area contributed by atoms with Crippen LogP contribution in [0.2, 0.25) is 0 Å². The molecule has 13 heavy (non-hydrogen) atoms. The summed E-state index contributed by atoms with van der Waals surface area (Å²) in [6, 6.07) is -0.947. The normalized spacial score (nSPS) is 30.6. The van der Waals surface area contributed by atoms with E-state index in [4.69, 9.17) is 5.11 Å². The lowest BCUT2D eigenvalue weighted by molar-refractivity contribution is -0.140. The number of thiol groups is 1. The van der Waals surface area contributed by atoms with Crippen LogP contribution in [0.25, 0.3) is 0 Å². The predicted octanol–water partition coefficient (Wildman–Crippen LogP) is -0.597. The third kappa shape index (κ3) is 2.35. The van der Waals surface area contributed by atoms with Crippen LogP contribution in [0.4, 0.5) is 0 Å². The summed E-state index contributed by atoms with van der Waals surface area (Å²) in [5.41, 5.74) is 0. The van der Waals surface area contributed by atoms with Gasteiger partial charge in [0.1, 0.15) is 6.04 Å². The summed E-state index contributed by atoms with van der Waals surface area (Å²) in [4.78, 5) is 10.7. The van der Waals surface area contributed by atoms with Crippen molar-refractivity contribution < 1.29 is 18.3 Å². The van der Waals surface area contributed by atoms with E-state index in [1.54, 1.807) is 0 Å². The Kier molecular flexibility index (Phi) is 2.88. The largest absolute Gasteiger partial charge is 0.480 e. The first-order valence-electron chi connectivity index (χ1n) is 3.70. The number of nitrogens with zero attached hydrogens (tertiary/aromatic N) is 1. The van der Waals surface area contributed by atoms with Gasteiger partial charge in [-0.1, -0.05) is 0 Å². The van der Waals surface area contributed by atoms with Crippen molar-refractivity contribution in [3.63, 3.8) is 0 Å². The van der Waals surface area contributed by atoms with E-state index >= 15 is 0 Å². The fourth-order valence-corrected chi connectivity index (χ4v) is 2.95. The summed E-state index contributed by atoms with van der Waals surface area (Å²) in [5, 5.41) is 8.54. The molecule has 0 saturated carbocycles. The van der Waals surface area contributed by atoms with Gasteiger partial charge in [0.2, 0.25) is 10.0 Å². The molecule has 1 saturated heterocycles. The Labute approximate surface area is 82.2 Å². The van der Waals surface area contributed by atoms with Gasteiger partial charge in [0.25, 0.3) is 0 Å². The third-order valence-electron chi connectivity index (χ3n) is 1.94. The number of hydrogen-bond donors (Lipinski definition) is 2. The molecule has 1 aliphatic heterocycles. The van der Waals surface area contributed by atoms with Crippen LogP contribution >= 0.6 is 12.6 Å². The van der Waals surface area contributed by atoms with E-state index in [9.17, 15) is 13.2 Å². The highest BCUT2D eigenvalue weighted by Gasteiger charge is 2.40. The first-order chi connectivity index (χ1) is 5.82. The van der Waals surface area contributed by atoms with E-state index in [0.29, 0.717) is 0 Å². The van der Waals surface area contributed by atoms with E-state index in [2.05, 4.69) is 12.6 Å². The van der Waals surface area contributed by atoms with Crippen LogP contribution < -0.4 is 0 Å². The molecular weight excluding hydrogens is 214 g/mol. The summed E-state index contributed by atoms with van der Waals surface area (Å²) in [7, 11) is -3.43. The molecule has 5 nitrogen and oxygen atoms in total. The molecule has 1 heterocycles. The highest BCUT2D eigenvalue weighted by atomic mass is 32.2. The zero-order valence-corrected chi connectivity index (χ0v) is 8.75. The second-order valence-corrected chi connectivity index (χ2v) is 5.74. The summed E-state index contributed by atoms with van der Waals surface area (Å²) in [5.74, 6) is -1.11. The Morgan fingerprint density at radius 1 is 1.62 bits per heavy atom. The van der Waals surface area contributed by atoms with Gasteiger partial charge in [-0.2, -0.15) is 16.9 Å². The molecule has 0 aromatic rings. The molecular formula is C6H11NO4S2. The maximum absolute atomic E-state index is 11.1. The molecule has 0 spiro atoms. The maximum atomic E-state index is 11.1. The van der Waals surface area contributed by atoms with Crippen LogP contribution in [0.15, 0.2) is 0 Å². The summed E-state index contributed by atoms with van der Waals surface area (Å²) in [6.45, 7) is 0.179. The summed E-state index contributed by atoms with van der Waals surface area (Å²) < 4.78 is 23.2. The highest BCUT2D eigenvalue weighted by Crippen LogP contribution is 2.24. The van der Waals surface area contributed by atoms with Crippen molar-refractivity contribution in [2.24, 2.45) is 0 Å². The zero-order chi connectivity index (χ0) is 10.2. The Hall–Kier alpha value is -0.270. The molecule has 1 aliphatic rings. The summed E-state index contributed by atoms with van der Waals surface area (Å²) >= 11 is 4.07. The number of aliphatic carboxylic acids is 1. The fraction of sp³-hybridized carbons (Fsp3) is 0.833. The molecule has 0 bridgehead atoms. The predicted molar refractivity (Wildman–Crippen MR) is 50.4 cm³/mol. The number of rotatable bonds is 2. The van der Waals surface area contributed by atoms with Gasteiger partial charge in [0, 0.05) is 11.8 Å². The lowest BCUT2D eigenvalue weighted by atomic mass is 10.2. The fourth-order valence-electron chi connectivity index (χ4n) is 1.38. The molecule has 0 radical (unpaired) electrons. The van der Waals surface area contributed by atoms with Gasteiger partial charge in [0.15, 0.2) is 0 Å². The topological polar surface area (TPSA) is 74.7 Å². The van der Waals surface area contributed by atoms with Crippen molar-refractivity contribution in [1.82, 2.24) is 4.31 Å². The molecule has 7 heteroatoms. The van der Waals surface area contributed by atoms with E-state index in [-0.39, 0.29) is 18.2 Å². The van der Waals surface area contributed by atoms with Gasteiger partial charge in [-0.15, -0.1) is 0 Å². The number of carboxylic acid groups (broad SMARTS) is 1. The van der Waals surface area contributed by atoms with Gasteiger partial charge in [-0.3, -0.25) is 4.79 Å². The van der Waals surface area contributed by atoms with Crippen LogP contribution in [0, 0.1) is 0 Å². The van der Waals surface area contributed by atoms with Gasteiger partial charge in [-0.25, -0.2) is 8.42 Å². The minimum Gasteiger partial charge on any atom is -0.480 e. The maximum Gasteiger partial charge on any atom is 0.322 e. The van der Waals surface area contributed by atoms with Crippen LogP contribution in [0.3, 0.4) is 0 Å². The first-order valence-corrected chi connectivity index (χ1v) is 6.06. The van der Waals surface area contributed by atoms with Crippen molar-refractivity contribution >= 4 is 28.6 Å². The van der Waals surface area contributed by atoms with Gasteiger partial charge >= 0.3 is 5.97 Å². The lowest BCUT2D eigenvalue weighted by Gasteiger charge is -2.17. The molecule has 0 aromatic carbocycles. The van der Waals surface area contributed by atoms with Crippen molar-refractivity contribution in [2.45, 2.75) is 17.7 Å². The van der Waals surface area contributed by atoms with Gasteiger partial charge < -0.3 is 5.11 Å². The highest BCUT2D eigenvalue weighted by molar-refractivity contribution is 7.88. The first kappa shape index (κ1) is 10.8. The number of carboxylic acids is 1. The molecule has 0 unspecified atom stereocenters. The second kappa shape index (κ2) is 3.47. The molecule has 76 valence electrons. The van der Waals surface area contributed by atoms with E-state index in [1.165, 1.54) is 0 Å². The Balaban J connectivity index is 2.91. The van der Waals surface area contributed by atoms with Crippen molar-refractivity contribution in [3.8, 4) is 0 Å². The average molecular weight is 225 g/mol. The van der Waals surface area contributed by atoms with Crippen LogP contribution in [-0.2, 0) is 14.8 Å². The minimum absolute atomic E-state index is 0.179. The van der Waals surface area contributed by atoms with Crippen molar-refractivity contribution in [1.29, 1.82) is 0 Å². The molecule has 0 aromatic heterocycles. The van der Waals surface area contributed by atoms with E-state index in [0.717, 1.165) is 10.6 Å². The van der Waals surface area contributed by atoms with Crippen LogP contribution in [0.5, 0.6) is 0 Å². The molecule has 1 rings (SSSR count). The second-order valence-electron chi connectivity index (χ2n) is 3.08. The quantitative estimate of drug-likeness (QED) is 0.616. The van der Waals surface area contributed by atoms with Gasteiger partial charge in [-0.05, 0) is 6.42 Å². The minimum atomic E-state index is -3.43. The third-order valence-corrected chi connectivity index (χ3v) is 3.57. The van der Waals surface area contributed by atoms with E-state index < -0.39 is 22.0 Å². The number of carbonyl (C=O) groups is 1. The van der Waals surface area contributed by atoms with E-state index in [1.807, 2.05) is 0 Å². The Bertz CT molecular complexity index is 313. The summed E-state index contributed by atoms with van der Waals surface area (Å²) in [6.07, 6.45) is 1.28. The van der Waals surface area contributed by atoms with Crippen LogP contribution in [0.1, 0.15) is 6.42 Å². The zero-order valence-electron chi connectivity index (χ0n) is 7.04. The average Bonchev–Trinajstić information content (AvgIpc) is 2.29. The molecule has 1 fully saturated rings. The van der Waals surface area contributed by atoms with Gasteiger partial charge in [0.05, 0.1) is 6.26 Å². The lowest BCUT2D eigenvalue weighted by Crippen LogP contribution is -2.39. The number of hydrogen-bond acceptors (Lipinski definition) is 4. The molecule has 1 N–H and O–H groups in total. The monoisotopic (exact) mass is 225 g/mol. The molecule has 0 amide bonds. The molecule has 2 atom stereocenters.